The molecule has 1 rings (SSSR count). The van der Waals surface area contributed by atoms with E-state index < -0.39 is 0 Å². The quantitative estimate of drug-likeness (QED) is 0.718. The summed E-state index contributed by atoms with van der Waals surface area (Å²) in [5.41, 5.74) is 0. The van der Waals surface area contributed by atoms with Crippen molar-refractivity contribution >= 4 is 21.7 Å². The molecule has 0 heterocycles. The van der Waals surface area contributed by atoms with Crippen molar-refractivity contribution in [1.29, 1.82) is 0 Å². The highest BCUT2D eigenvalue weighted by Gasteiger charge is 2.27. The fourth-order valence-corrected chi connectivity index (χ4v) is 2.28. The van der Waals surface area contributed by atoms with Crippen molar-refractivity contribution in [3.8, 4) is 0 Å². The highest BCUT2D eigenvalue weighted by molar-refractivity contribution is 9.10. The lowest BCUT2D eigenvalue weighted by Gasteiger charge is -2.27. The molecule has 0 bridgehead atoms. The first kappa shape index (κ1) is 11.2. The average Bonchev–Trinajstić information content (AvgIpc) is 2.17. The zero-order valence-corrected chi connectivity index (χ0v) is 9.84. The van der Waals surface area contributed by atoms with Gasteiger partial charge >= 0.3 is 0 Å². The van der Waals surface area contributed by atoms with Gasteiger partial charge in [-0.05, 0) is 32.6 Å². The topological polar surface area (TPSA) is 26.3 Å². The number of ketones is 1. The number of hydrogen-bond acceptors (Lipinski definition) is 2. The van der Waals surface area contributed by atoms with Crippen LogP contribution in [0.15, 0.2) is 0 Å². The van der Waals surface area contributed by atoms with Crippen molar-refractivity contribution in [1.82, 2.24) is 0 Å². The summed E-state index contributed by atoms with van der Waals surface area (Å²) in [6, 6.07) is 0. The smallest absolute Gasteiger partial charge is 0.149 e. The average molecular weight is 249 g/mol. The third-order valence-electron chi connectivity index (χ3n) is 2.80. The Bertz CT molecular complexity index is 172. The van der Waals surface area contributed by atoms with Crippen molar-refractivity contribution in [3.63, 3.8) is 0 Å². The lowest BCUT2D eigenvalue weighted by atomic mass is 9.84. The lowest BCUT2D eigenvalue weighted by molar-refractivity contribution is -0.123. The molecule has 0 spiro atoms. The minimum absolute atomic E-state index is 0.0107. The zero-order valence-electron chi connectivity index (χ0n) is 8.25. The number of alkyl halides is 1. The van der Waals surface area contributed by atoms with Crippen LogP contribution in [0.1, 0.15) is 32.6 Å². The number of hydrogen-bond donors (Lipinski definition) is 0. The van der Waals surface area contributed by atoms with Crippen LogP contribution in [-0.4, -0.2) is 23.8 Å². The Morgan fingerprint density at radius 1 is 1.38 bits per heavy atom. The van der Waals surface area contributed by atoms with Gasteiger partial charge in [0.1, 0.15) is 5.78 Å². The summed E-state index contributed by atoms with van der Waals surface area (Å²) in [7, 11) is 1.75. The van der Waals surface area contributed by atoms with E-state index in [-0.39, 0.29) is 10.7 Å². The molecule has 0 N–H and O–H groups in total. The van der Waals surface area contributed by atoms with Crippen LogP contribution in [0.5, 0.6) is 0 Å². The van der Waals surface area contributed by atoms with E-state index in [1.165, 1.54) is 0 Å². The fraction of sp³-hybridized carbons (Fsp3) is 0.900. The molecule has 0 radical (unpaired) electrons. The second kappa shape index (κ2) is 5.11. The second-order valence-electron chi connectivity index (χ2n) is 3.73. The van der Waals surface area contributed by atoms with Gasteiger partial charge in [-0.15, -0.1) is 0 Å². The van der Waals surface area contributed by atoms with Gasteiger partial charge in [-0.3, -0.25) is 4.79 Å². The second-order valence-corrected chi connectivity index (χ2v) is 5.10. The van der Waals surface area contributed by atoms with Crippen molar-refractivity contribution < 1.29 is 9.53 Å². The molecule has 3 heteroatoms. The Labute approximate surface area is 88.2 Å². The molecule has 1 fully saturated rings. The predicted octanol–water partition coefficient (Wildman–Crippen LogP) is 2.54. The molecule has 2 nitrogen and oxygen atoms in total. The van der Waals surface area contributed by atoms with Gasteiger partial charge in [-0.25, -0.2) is 0 Å². The number of rotatable bonds is 3. The first-order valence-corrected chi connectivity index (χ1v) is 5.77. The molecule has 0 amide bonds. The molecule has 0 aromatic heterocycles. The monoisotopic (exact) mass is 248 g/mol. The van der Waals surface area contributed by atoms with Gasteiger partial charge in [-0.1, -0.05) is 15.9 Å². The van der Waals surface area contributed by atoms with Crippen LogP contribution in [0.3, 0.4) is 0 Å². The van der Waals surface area contributed by atoms with Crippen molar-refractivity contribution in [2.24, 2.45) is 5.92 Å². The predicted molar refractivity (Wildman–Crippen MR) is 56.2 cm³/mol. The molecule has 1 aliphatic carbocycles. The summed E-state index contributed by atoms with van der Waals surface area (Å²) in [5, 5.41) is 0. The van der Waals surface area contributed by atoms with Gasteiger partial charge in [0.2, 0.25) is 0 Å². The molecular formula is C10H17BrO2. The number of carbonyl (C=O) groups excluding carboxylic acids is 1. The summed E-state index contributed by atoms with van der Waals surface area (Å²) in [6.45, 7) is 1.91. The third kappa shape index (κ3) is 3.06. The molecule has 1 aliphatic rings. The minimum Gasteiger partial charge on any atom is -0.381 e. The normalized spacial score (nSPS) is 31.3. The standard InChI is InChI=1S/C10H17BrO2/c1-7(11)10(12)8-3-5-9(13-2)6-4-8/h7-9H,3-6H2,1-2H3. The number of Topliss-reactive ketones (excluding diaryl/α,β-unsaturated/α-hetero) is 1. The van der Waals surface area contributed by atoms with E-state index >= 15 is 0 Å². The number of carbonyl (C=O) groups is 1. The number of ether oxygens (including phenoxy) is 1. The molecule has 0 aromatic carbocycles. The van der Waals surface area contributed by atoms with E-state index in [4.69, 9.17) is 4.74 Å². The van der Waals surface area contributed by atoms with Crippen LogP contribution < -0.4 is 0 Å². The van der Waals surface area contributed by atoms with Crippen molar-refractivity contribution in [2.45, 2.75) is 43.5 Å². The highest BCUT2D eigenvalue weighted by Crippen LogP contribution is 2.28. The molecule has 0 aliphatic heterocycles. The summed E-state index contributed by atoms with van der Waals surface area (Å²) in [4.78, 5) is 11.6. The summed E-state index contributed by atoms with van der Waals surface area (Å²) >= 11 is 3.33. The van der Waals surface area contributed by atoms with Gasteiger partial charge in [0.05, 0.1) is 10.9 Å². The molecule has 1 unspecified atom stereocenters. The molecule has 0 saturated heterocycles. The van der Waals surface area contributed by atoms with Gasteiger partial charge in [-0.2, -0.15) is 0 Å². The number of halogens is 1. The van der Waals surface area contributed by atoms with Crippen LogP contribution in [0.2, 0.25) is 0 Å². The molecule has 0 aromatic rings. The molecule has 1 atom stereocenters. The van der Waals surface area contributed by atoms with Crippen LogP contribution in [-0.2, 0) is 9.53 Å². The summed E-state index contributed by atoms with van der Waals surface area (Å²) in [6.07, 6.45) is 4.44. The SMILES string of the molecule is COC1CCC(C(=O)C(C)Br)CC1. The Morgan fingerprint density at radius 2 is 1.92 bits per heavy atom. The molecular weight excluding hydrogens is 232 g/mol. The van der Waals surface area contributed by atoms with E-state index in [1.54, 1.807) is 7.11 Å². The van der Waals surface area contributed by atoms with E-state index in [0.29, 0.717) is 11.9 Å². The van der Waals surface area contributed by atoms with Gasteiger partial charge in [0, 0.05) is 13.0 Å². The van der Waals surface area contributed by atoms with E-state index in [0.717, 1.165) is 25.7 Å². The van der Waals surface area contributed by atoms with E-state index in [9.17, 15) is 4.79 Å². The van der Waals surface area contributed by atoms with Crippen LogP contribution in [0, 0.1) is 5.92 Å². The zero-order chi connectivity index (χ0) is 9.84. The minimum atomic E-state index is 0.0107. The van der Waals surface area contributed by atoms with E-state index in [1.807, 2.05) is 6.92 Å². The molecule has 1 saturated carbocycles. The van der Waals surface area contributed by atoms with Gasteiger partial charge in [0.15, 0.2) is 0 Å². The lowest BCUT2D eigenvalue weighted by Crippen LogP contribution is -2.28. The highest BCUT2D eigenvalue weighted by atomic mass is 79.9. The Balaban J connectivity index is 2.36. The van der Waals surface area contributed by atoms with Gasteiger partial charge in [0.25, 0.3) is 0 Å². The van der Waals surface area contributed by atoms with Crippen molar-refractivity contribution in [3.05, 3.63) is 0 Å². The Morgan fingerprint density at radius 3 is 2.31 bits per heavy atom. The van der Waals surface area contributed by atoms with Gasteiger partial charge < -0.3 is 4.74 Å². The largest absolute Gasteiger partial charge is 0.381 e. The fourth-order valence-electron chi connectivity index (χ4n) is 1.91. The summed E-state index contributed by atoms with van der Waals surface area (Å²) < 4.78 is 5.26. The van der Waals surface area contributed by atoms with E-state index in [2.05, 4.69) is 15.9 Å². The first-order valence-electron chi connectivity index (χ1n) is 4.85. The Kier molecular flexibility index (Phi) is 4.39. The molecule has 76 valence electrons. The molecule has 13 heavy (non-hydrogen) atoms. The Hall–Kier alpha value is 0.110. The summed E-state index contributed by atoms with van der Waals surface area (Å²) in [5.74, 6) is 0.621. The van der Waals surface area contributed by atoms with Crippen LogP contribution in [0.4, 0.5) is 0 Å². The van der Waals surface area contributed by atoms with Crippen LogP contribution in [0.25, 0.3) is 0 Å². The maximum atomic E-state index is 11.6. The van der Waals surface area contributed by atoms with Crippen LogP contribution >= 0.6 is 15.9 Å². The first-order chi connectivity index (χ1) is 6.15. The number of methoxy groups -OCH3 is 1. The van der Waals surface area contributed by atoms with Crippen molar-refractivity contribution in [2.75, 3.05) is 7.11 Å². The third-order valence-corrected chi connectivity index (χ3v) is 3.25. The maximum Gasteiger partial charge on any atom is 0.149 e. The maximum absolute atomic E-state index is 11.6.